The van der Waals surface area contributed by atoms with Crippen molar-refractivity contribution in [3.05, 3.63) is 29.8 Å². The molecule has 1 aromatic rings. The largest absolute Gasteiger partial charge is 0.484 e. The maximum atomic E-state index is 12.2. The molecule has 5 nitrogen and oxygen atoms in total. The molecule has 21 heavy (non-hydrogen) atoms. The van der Waals surface area contributed by atoms with Gasteiger partial charge < -0.3 is 14.5 Å². The van der Waals surface area contributed by atoms with Crippen molar-refractivity contribution in [2.24, 2.45) is 0 Å². The summed E-state index contributed by atoms with van der Waals surface area (Å²) in [6, 6.07) is 9.17. The van der Waals surface area contributed by atoms with Gasteiger partial charge in [0.2, 0.25) is 0 Å². The summed E-state index contributed by atoms with van der Waals surface area (Å²) in [5.41, 5.74) is 0.583. The second-order valence-electron chi connectivity index (χ2n) is 5.62. The lowest BCUT2D eigenvalue weighted by Gasteiger charge is -2.33. The van der Waals surface area contributed by atoms with Crippen molar-refractivity contribution in [1.29, 1.82) is 5.26 Å². The van der Waals surface area contributed by atoms with Gasteiger partial charge in [0.05, 0.1) is 31.8 Å². The molecule has 1 aromatic carbocycles. The Labute approximate surface area is 125 Å². The van der Waals surface area contributed by atoms with E-state index in [-0.39, 0.29) is 12.5 Å². The third-order valence-corrected chi connectivity index (χ3v) is 4.10. The topological polar surface area (TPSA) is 57.8 Å². The predicted octanol–water partition coefficient (Wildman–Crippen LogP) is 0.0726. The highest BCUT2D eigenvalue weighted by atomic mass is 16.5. The van der Waals surface area contributed by atoms with E-state index in [1.165, 1.54) is 4.90 Å². The van der Waals surface area contributed by atoms with Gasteiger partial charge in [-0.1, -0.05) is 0 Å². The van der Waals surface area contributed by atoms with Gasteiger partial charge in [0.1, 0.15) is 5.75 Å². The third-order valence-electron chi connectivity index (χ3n) is 4.10. The number of quaternary nitrogens is 1. The molecule has 0 aromatic heterocycles. The fourth-order valence-corrected chi connectivity index (χ4v) is 2.56. The van der Waals surface area contributed by atoms with Gasteiger partial charge in [-0.25, -0.2) is 0 Å². The summed E-state index contributed by atoms with van der Waals surface area (Å²) in [6.07, 6.45) is 2.09. The van der Waals surface area contributed by atoms with Crippen molar-refractivity contribution in [1.82, 2.24) is 4.90 Å². The second-order valence-corrected chi connectivity index (χ2v) is 5.62. The van der Waals surface area contributed by atoms with E-state index in [1.807, 2.05) is 11.9 Å². The fourth-order valence-electron chi connectivity index (χ4n) is 2.56. The summed E-state index contributed by atoms with van der Waals surface area (Å²) in [5, 5.41) is 8.73. The smallest absolute Gasteiger partial charge is 0.260 e. The van der Waals surface area contributed by atoms with E-state index in [1.54, 1.807) is 24.3 Å². The summed E-state index contributed by atoms with van der Waals surface area (Å²) in [5.74, 6) is 0.618. The zero-order valence-electron chi connectivity index (χ0n) is 12.6. The third kappa shape index (κ3) is 4.20. The van der Waals surface area contributed by atoms with Crippen LogP contribution in [0.4, 0.5) is 0 Å². The van der Waals surface area contributed by atoms with Crippen LogP contribution in [0.15, 0.2) is 24.3 Å². The lowest BCUT2D eigenvalue weighted by Crippen LogP contribution is -3.10. The number of hydrogen-bond donors (Lipinski definition) is 1. The molecule has 0 atom stereocenters. The van der Waals surface area contributed by atoms with Crippen molar-refractivity contribution < 1.29 is 14.4 Å². The van der Waals surface area contributed by atoms with Crippen LogP contribution in [-0.4, -0.2) is 50.6 Å². The van der Waals surface area contributed by atoms with Crippen LogP contribution in [-0.2, 0) is 4.79 Å². The van der Waals surface area contributed by atoms with E-state index >= 15 is 0 Å². The van der Waals surface area contributed by atoms with Crippen LogP contribution in [0.1, 0.15) is 18.4 Å². The van der Waals surface area contributed by atoms with E-state index in [4.69, 9.17) is 10.00 Å². The zero-order chi connectivity index (χ0) is 15.2. The van der Waals surface area contributed by atoms with Crippen LogP contribution >= 0.6 is 0 Å². The molecular formula is C16H22N3O2+. The summed E-state index contributed by atoms with van der Waals surface area (Å²) in [4.78, 5) is 15.5. The standard InChI is InChI=1S/C16H21N3O2/c1-18-9-7-14(8-10-18)19(2)16(20)12-21-15-5-3-13(11-17)4-6-15/h3-6,14H,7-10,12H2,1-2H3/p+1. The molecule has 0 spiro atoms. The number of likely N-dealkylation sites (tertiary alicyclic amines) is 1. The fraction of sp³-hybridized carbons (Fsp3) is 0.500. The Morgan fingerprint density at radius 1 is 1.38 bits per heavy atom. The molecule has 0 saturated carbocycles. The molecule has 0 aliphatic carbocycles. The normalized spacial score (nSPS) is 21.4. The molecule has 0 unspecified atom stereocenters. The maximum Gasteiger partial charge on any atom is 0.260 e. The first kappa shape index (κ1) is 15.3. The highest BCUT2D eigenvalue weighted by molar-refractivity contribution is 5.77. The molecule has 1 fully saturated rings. The van der Waals surface area contributed by atoms with Gasteiger partial charge in [0, 0.05) is 25.9 Å². The Kier molecular flexibility index (Phi) is 5.18. The van der Waals surface area contributed by atoms with Crippen LogP contribution in [0.3, 0.4) is 0 Å². The number of amides is 1. The zero-order valence-corrected chi connectivity index (χ0v) is 12.6. The SMILES string of the molecule is CN(C(=O)COc1ccc(C#N)cc1)C1CC[NH+](C)CC1. The first-order valence-corrected chi connectivity index (χ1v) is 7.30. The average molecular weight is 288 g/mol. The maximum absolute atomic E-state index is 12.2. The first-order chi connectivity index (χ1) is 10.1. The van der Waals surface area contributed by atoms with Crippen molar-refractivity contribution in [3.8, 4) is 11.8 Å². The monoisotopic (exact) mass is 288 g/mol. The highest BCUT2D eigenvalue weighted by Crippen LogP contribution is 2.13. The van der Waals surface area contributed by atoms with Crippen LogP contribution in [0, 0.1) is 11.3 Å². The van der Waals surface area contributed by atoms with Crippen LogP contribution in [0.5, 0.6) is 5.75 Å². The molecule has 0 bridgehead atoms. The summed E-state index contributed by atoms with van der Waals surface area (Å²) < 4.78 is 5.49. The van der Waals surface area contributed by atoms with Crippen molar-refractivity contribution in [2.75, 3.05) is 33.8 Å². The minimum absolute atomic E-state index is 0.00362. The number of piperidine rings is 1. The average Bonchev–Trinajstić information content (AvgIpc) is 2.53. The van der Waals surface area contributed by atoms with Gasteiger partial charge >= 0.3 is 0 Å². The molecule has 1 N–H and O–H groups in total. The molecular weight excluding hydrogens is 266 g/mol. The summed E-state index contributed by atoms with van der Waals surface area (Å²) >= 11 is 0. The summed E-state index contributed by atoms with van der Waals surface area (Å²) in [6.45, 7) is 2.26. The number of ether oxygens (including phenoxy) is 1. The quantitative estimate of drug-likeness (QED) is 0.853. The van der Waals surface area contributed by atoms with E-state index in [9.17, 15) is 4.79 Å². The molecule has 1 amide bonds. The van der Waals surface area contributed by atoms with Gasteiger partial charge in [-0.15, -0.1) is 0 Å². The van der Waals surface area contributed by atoms with Gasteiger partial charge in [-0.05, 0) is 24.3 Å². The Balaban J connectivity index is 1.82. The van der Waals surface area contributed by atoms with Gasteiger partial charge in [0.15, 0.2) is 6.61 Å². The molecule has 2 rings (SSSR count). The van der Waals surface area contributed by atoms with Crippen LogP contribution in [0.2, 0.25) is 0 Å². The minimum Gasteiger partial charge on any atom is -0.484 e. The Morgan fingerprint density at radius 3 is 2.57 bits per heavy atom. The highest BCUT2D eigenvalue weighted by Gasteiger charge is 2.25. The lowest BCUT2D eigenvalue weighted by atomic mass is 10.0. The van der Waals surface area contributed by atoms with E-state index in [0.717, 1.165) is 25.9 Å². The van der Waals surface area contributed by atoms with Crippen LogP contribution in [0.25, 0.3) is 0 Å². The van der Waals surface area contributed by atoms with E-state index < -0.39 is 0 Å². The molecule has 112 valence electrons. The molecule has 1 aliphatic heterocycles. The molecule has 5 heteroatoms. The number of carbonyl (C=O) groups excluding carboxylic acids is 1. The second kappa shape index (κ2) is 7.09. The first-order valence-electron chi connectivity index (χ1n) is 7.30. The van der Waals surface area contributed by atoms with E-state index in [2.05, 4.69) is 13.1 Å². The van der Waals surface area contributed by atoms with E-state index in [0.29, 0.717) is 17.4 Å². The Bertz CT molecular complexity index is 513. The number of nitrogens with zero attached hydrogens (tertiary/aromatic N) is 2. The molecule has 1 aliphatic rings. The predicted molar refractivity (Wildman–Crippen MR) is 79.1 cm³/mol. The number of benzene rings is 1. The van der Waals surface area contributed by atoms with Crippen molar-refractivity contribution >= 4 is 5.91 Å². The number of nitriles is 1. The van der Waals surface area contributed by atoms with Gasteiger partial charge in [-0.2, -0.15) is 5.26 Å². The molecule has 0 radical (unpaired) electrons. The van der Waals surface area contributed by atoms with Crippen molar-refractivity contribution in [3.63, 3.8) is 0 Å². The van der Waals surface area contributed by atoms with Crippen LogP contribution < -0.4 is 9.64 Å². The number of rotatable bonds is 4. The number of nitrogens with one attached hydrogen (secondary N) is 1. The lowest BCUT2D eigenvalue weighted by molar-refractivity contribution is -0.885. The van der Waals surface area contributed by atoms with Crippen molar-refractivity contribution in [2.45, 2.75) is 18.9 Å². The summed E-state index contributed by atoms with van der Waals surface area (Å²) in [7, 11) is 4.04. The minimum atomic E-state index is 0.00362. The number of hydrogen-bond acceptors (Lipinski definition) is 3. The molecule has 1 saturated heterocycles. The van der Waals surface area contributed by atoms with Gasteiger partial charge in [-0.3, -0.25) is 4.79 Å². The molecule has 1 heterocycles. The Morgan fingerprint density at radius 2 is 2.00 bits per heavy atom. The number of carbonyl (C=O) groups is 1. The number of likely N-dealkylation sites (N-methyl/N-ethyl adjacent to an activating group) is 1. The Hall–Kier alpha value is -2.06. The van der Waals surface area contributed by atoms with Gasteiger partial charge in [0.25, 0.3) is 5.91 Å².